The summed E-state index contributed by atoms with van der Waals surface area (Å²) in [6.45, 7) is 3.51. The Morgan fingerprint density at radius 3 is 2.76 bits per heavy atom. The molecule has 0 radical (unpaired) electrons. The molecule has 0 aromatic carbocycles. The fourth-order valence-corrected chi connectivity index (χ4v) is 2.52. The first-order chi connectivity index (χ1) is 10.1. The Hall–Kier alpha value is -1.53. The summed E-state index contributed by atoms with van der Waals surface area (Å²) in [6, 6.07) is 2.17. The lowest BCUT2D eigenvalue weighted by Gasteiger charge is -2.29. The summed E-state index contributed by atoms with van der Waals surface area (Å²) in [6.07, 6.45) is 4.08. The van der Waals surface area contributed by atoms with Crippen LogP contribution in [0.1, 0.15) is 36.3 Å². The molecule has 1 aliphatic carbocycles. The Labute approximate surface area is 125 Å². The smallest absolute Gasteiger partial charge is 0.270 e. The molecular weight excluding hydrogens is 270 g/mol. The van der Waals surface area contributed by atoms with E-state index in [9.17, 15) is 4.79 Å². The van der Waals surface area contributed by atoms with Gasteiger partial charge in [0.05, 0.1) is 24.9 Å². The zero-order chi connectivity index (χ0) is 15.4. The normalized spacial score (nSPS) is 16.0. The molecule has 21 heavy (non-hydrogen) atoms. The average molecular weight is 295 g/mol. The lowest BCUT2D eigenvalue weighted by atomic mass is 10.2. The predicted molar refractivity (Wildman–Crippen MR) is 81.4 cm³/mol. The third kappa shape index (κ3) is 3.77. The summed E-state index contributed by atoms with van der Waals surface area (Å²) >= 11 is 0. The second kappa shape index (κ2) is 6.95. The van der Waals surface area contributed by atoms with Gasteiger partial charge in [-0.3, -0.25) is 4.79 Å². The molecule has 1 fully saturated rings. The van der Waals surface area contributed by atoms with Crippen LogP contribution in [0.5, 0.6) is 0 Å². The molecule has 1 heterocycles. The minimum absolute atomic E-state index is 0.0126. The summed E-state index contributed by atoms with van der Waals surface area (Å²) in [5, 5.41) is 0. The van der Waals surface area contributed by atoms with Crippen molar-refractivity contribution in [1.29, 1.82) is 0 Å². The maximum Gasteiger partial charge on any atom is 0.270 e. The fourth-order valence-electron chi connectivity index (χ4n) is 2.52. The van der Waals surface area contributed by atoms with Gasteiger partial charge in [0.25, 0.3) is 5.91 Å². The monoisotopic (exact) mass is 295 g/mol. The number of carbonyl (C=O) groups excluding carboxylic acids is 1. The SMILES string of the molecule is COCCN(C(=O)c1cc(N)cn1C1CC1)C(C)COC. The molecule has 1 aliphatic rings. The van der Waals surface area contributed by atoms with Crippen molar-refractivity contribution in [3.8, 4) is 0 Å². The second-order valence-corrected chi connectivity index (χ2v) is 5.59. The number of hydrogen-bond acceptors (Lipinski definition) is 4. The van der Waals surface area contributed by atoms with Gasteiger partial charge in [-0.2, -0.15) is 0 Å². The van der Waals surface area contributed by atoms with E-state index in [2.05, 4.69) is 0 Å². The van der Waals surface area contributed by atoms with Gasteiger partial charge in [0, 0.05) is 33.0 Å². The number of nitrogens with zero attached hydrogens (tertiary/aromatic N) is 2. The Kier molecular flexibility index (Phi) is 5.25. The van der Waals surface area contributed by atoms with Gasteiger partial charge in [-0.1, -0.05) is 0 Å². The number of nitrogen functional groups attached to an aromatic ring is 1. The zero-order valence-electron chi connectivity index (χ0n) is 13.0. The lowest BCUT2D eigenvalue weighted by molar-refractivity contribution is 0.0470. The highest BCUT2D eigenvalue weighted by atomic mass is 16.5. The minimum atomic E-state index is -0.0137. The van der Waals surface area contributed by atoms with Crippen LogP contribution in [0.15, 0.2) is 12.3 Å². The van der Waals surface area contributed by atoms with Crippen LogP contribution in [-0.2, 0) is 9.47 Å². The highest BCUT2D eigenvalue weighted by Crippen LogP contribution is 2.37. The number of ether oxygens (including phenoxy) is 2. The lowest BCUT2D eigenvalue weighted by Crippen LogP contribution is -2.43. The van der Waals surface area contributed by atoms with E-state index in [-0.39, 0.29) is 11.9 Å². The van der Waals surface area contributed by atoms with Crippen molar-refractivity contribution in [2.75, 3.05) is 39.7 Å². The molecule has 1 atom stereocenters. The molecule has 1 unspecified atom stereocenters. The van der Waals surface area contributed by atoms with E-state index >= 15 is 0 Å². The van der Waals surface area contributed by atoms with Crippen LogP contribution in [0.25, 0.3) is 0 Å². The van der Waals surface area contributed by atoms with Gasteiger partial charge in [0.2, 0.25) is 0 Å². The van der Waals surface area contributed by atoms with Gasteiger partial charge in [0.1, 0.15) is 5.69 Å². The largest absolute Gasteiger partial charge is 0.397 e. The van der Waals surface area contributed by atoms with E-state index in [4.69, 9.17) is 15.2 Å². The van der Waals surface area contributed by atoms with E-state index < -0.39 is 0 Å². The fraction of sp³-hybridized carbons (Fsp3) is 0.667. The highest BCUT2D eigenvalue weighted by Gasteiger charge is 2.30. The highest BCUT2D eigenvalue weighted by molar-refractivity contribution is 5.94. The van der Waals surface area contributed by atoms with Crippen LogP contribution in [-0.4, -0.2) is 55.4 Å². The van der Waals surface area contributed by atoms with Crippen molar-refractivity contribution in [3.05, 3.63) is 18.0 Å². The summed E-state index contributed by atoms with van der Waals surface area (Å²) in [5.41, 5.74) is 7.17. The van der Waals surface area contributed by atoms with Crippen molar-refractivity contribution in [3.63, 3.8) is 0 Å². The van der Waals surface area contributed by atoms with Gasteiger partial charge >= 0.3 is 0 Å². The van der Waals surface area contributed by atoms with Gasteiger partial charge < -0.3 is 24.7 Å². The molecule has 6 heteroatoms. The number of anilines is 1. The molecular formula is C15H25N3O3. The molecule has 0 aliphatic heterocycles. The molecule has 0 spiro atoms. The number of nitrogens with two attached hydrogens (primary N) is 1. The molecule has 2 rings (SSSR count). The van der Waals surface area contributed by atoms with E-state index in [1.54, 1.807) is 25.2 Å². The van der Waals surface area contributed by atoms with Crippen LogP contribution in [0.3, 0.4) is 0 Å². The van der Waals surface area contributed by atoms with Crippen LogP contribution >= 0.6 is 0 Å². The Morgan fingerprint density at radius 2 is 2.19 bits per heavy atom. The van der Waals surface area contributed by atoms with Crippen molar-refractivity contribution in [1.82, 2.24) is 9.47 Å². The molecule has 0 bridgehead atoms. The van der Waals surface area contributed by atoms with E-state index in [0.717, 1.165) is 12.8 Å². The summed E-state index contributed by atoms with van der Waals surface area (Å²) in [4.78, 5) is 14.7. The van der Waals surface area contributed by atoms with Crippen LogP contribution in [0, 0.1) is 0 Å². The van der Waals surface area contributed by atoms with Crippen molar-refractivity contribution < 1.29 is 14.3 Å². The maximum atomic E-state index is 12.9. The van der Waals surface area contributed by atoms with Gasteiger partial charge in [-0.15, -0.1) is 0 Å². The van der Waals surface area contributed by atoms with Crippen molar-refractivity contribution >= 4 is 11.6 Å². The topological polar surface area (TPSA) is 69.7 Å². The van der Waals surface area contributed by atoms with Crippen molar-refractivity contribution in [2.45, 2.75) is 31.8 Å². The van der Waals surface area contributed by atoms with Crippen LogP contribution in [0.4, 0.5) is 5.69 Å². The maximum absolute atomic E-state index is 12.9. The molecule has 0 saturated heterocycles. The Bertz CT molecular complexity index is 483. The van der Waals surface area contributed by atoms with Crippen molar-refractivity contribution in [2.24, 2.45) is 0 Å². The number of amides is 1. The third-order valence-electron chi connectivity index (χ3n) is 3.77. The van der Waals surface area contributed by atoms with Crippen LogP contribution in [0.2, 0.25) is 0 Å². The first-order valence-corrected chi connectivity index (χ1v) is 7.34. The Morgan fingerprint density at radius 1 is 1.48 bits per heavy atom. The first-order valence-electron chi connectivity index (χ1n) is 7.34. The average Bonchev–Trinajstić information content (AvgIpc) is 3.22. The molecule has 1 amide bonds. The van der Waals surface area contributed by atoms with E-state index in [0.29, 0.717) is 37.2 Å². The first kappa shape index (κ1) is 15.9. The minimum Gasteiger partial charge on any atom is -0.397 e. The van der Waals surface area contributed by atoms with E-state index in [1.807, 2.05) is 17.7 Å². The standard InChI is InChI=1S/C15H25N3O3/c1-11(10-21-3)17(6-7-20-2)15(19)14-8-12(16)9-18(14)13-4-5-13/h8-9,11,13H,4-7,10,16H2,1-3H3. The predicted octanol–water partition coefficient (Wildman–Crippen LogP) is 1.53. The molecule has 2 N–H and O–H groups in total. The summed E-state index contributed by atoms with van der Waals surface area (Å²) < 4.78 is 12.3. The zero-order valence-corrected chi connectivity index (χ0v) is 13.0. The molecule has 1 aromatic rings. The summed E-state index contributed by atoms with van der Waals surface area (Å²) in [7, 11) is 3.27. The third-order valence-corrected chi connectivity index (χ3v) is 3.77. The number of aromatic nitrogens is 1. The number of hydrogen-bond donors (Lipinski definition) is 1. The molecule has 1 saturated carbocycles. The molecule has 6 nitrogen and oxygen atoms in total. The number of methoxy groups -OCH3 is 2. The van der Waals surface area contributed by atoms with E-state index in [1.165, 1.54) is 0 Å². The Balaban J connectivity index is 2.20. The molecule has 118 valence electrons. The number of carbonyl (C=O) groups is 1. The van der Waals surface area contributed by atoms with Gasteiger partial charge in [-0.25, -0.2) is 0 Å². The quantitative estimate of drug-likeness (QED) is 0.789. The second-order valence-electron chi connectivity index (χ2n) is 5.59. The summed E-state index contributed by atoms with van der Waals surface area (Å²) in [5.74, 6) is -0.0137. The number of rotatable bonds is 8. The van der Waals surface area contributed by atoms with Crippen LogP contribution < -0.4 is 5.73 Å². The van der Waals surface area contributed by atoms with Gasteiger partial charge in [0.15, 0.2) is 0 Å². The van der Waals surface area contributed by atoms with Gasteiger partial charge in [-0.05, 0) is 25.8 Å². The molecule has 1 aromatic heterocycles.